The first-order valence-corrected chi connectivity index (χ1v) is 9.60. The monoisotopic (exact) mass is 328 g/mol. The molecule has 0 saturated carbocycles. The number of nitrogens with zero attached hydrogens (tertiary/aromatic N) is 3. The number of hydrogen-bond donors (Lipinski definition) is 1. The Morgan fingerprint density at radius 1 is 1.19 bits per heavy atom. The minimum absolute atomic E-state index is 0.266. The normalized spacial score (nSPS) is 18.5. The highest BCUT2D eigenvalue weighted by molar-refractivity contribution is 7.89. The van der Waals surface area contributed by atoms with Crippen LogP contribution in [0.4, 0.5) is 5.82 Å². The smallest absolute Gasteiger partial charge is 0.262 e. The van der Waals surface area contributed by atoms with Crippen LogP contribution in [0, 0.1) is 0 Å². The third-order valence-corrected chi connectivity index (χ3v) is 6.53. The summed E-state index contributed by atoms with van der Waals surface area (Å²) in [7, 11) is -1.81. The molecule has 0 amide bonds. The Morgan fingerprint density at radius 2 is 1.86 bits per heavy atom. The van der Waals surface area contributed by atoms with Crippen molar-refractivity contribution >= 4 is 32.1 Å². The lowest BCUT2D eigenvalue weighted by Crippen LogP contribution is -2.34. The van der Waals surface area contributed by atoms with Crippen LogP contribution in [0.1, 0.15) is 32.1 Å². The summed E-state index contributed by atoms with van der Waals surface area (Å²) in [5, 5.41) is 5.03. The maximum Gasteiger partial charge on any atom is 0.262 e. The summed E-state index contributed by atoms with van der Waals surface area (Å²) in [5.74, 6) is 0.434. The second-order valence-electron chi connectivity index (χ2n) is 5.24. The van der Waals surface area contributed by atoms with E-state index in [-0.39, 0.29) is 5.03 Å². The fourth-order valence-electron chi connectivity index (χ4n) is 2.76. The summed E-state index contributed by atoms with van der Waals surface area (Å²) in [5.41, 5.74) is 0. The minimum atomic E-state index is -3.52. The molecular formula is C13H20N4O2S2. The standard InChI is InChI=1S/C13H20N4O2S2/c1-14-11-12(17-9-10-20-13(17)15-11)21(18,19)16-7-5-3-2-4-6-8-16/h9-10,14H,2-8H2,1H3. The second kappa shape index (κ2) is 5.94. The quantitative estimate of drug-likeness (QED) is 0.939. The summed E-state index contributed by atoms with van der Waals surface area (Å²) < 4.78 is 29.4. The van der Waals surface area contributed by atoms with Crippen molar-refractivity contribution in [2.24, 2.45) is 0 Å². The van der Waals surface area contributed by atoms with Crippen molar-refractivity contribution in [3.8, 4) is 0 Å². The molecule has 3 heterocycles. The first kappa shape index (κ1) is 14.8. The Kier molecular flexibility index (Phi) is 4.19. The predicted octanol–water partition coefficient (Wildman–Crippen LogP) is 2.39. The van der Waals surface area contributed by atoms with Crippen LogP contribution >= 0.6 is 11.3 Å². The Hall–Kier alpha value is -1.12. The first-order chi connectivity index (χ1) is 10.1. The van der Waals surface area contributed by atoms with Gasteiger partial charge in [0.05, 0.1) is 0 Å². The largest absolute Gasteiger partial charge is 0.371 e. The summed E-state index contributed by atoms with van der Waals surface area (Å²) in [6, 6.07) is 0. The molecule has 1 saturated heterocycles. The second-order valence-corrected chi connectivity index (χ2v) is 7.97. The Balaban J connectivity index is 2.03. The molecule has 0 aliphatic carbocycles. The van der Waals surface area contributed by atoms with Gasteiger partial charge in [-0.05, 0) is 12.8 Å². The number of sulfonamides is 1. The molecule has 2 aromatic rings. The molecule has 0 unspecified atom stereocenters. The number of fused-ring (bicyclic) bond motifs is 1. The van der Waals surface area contributed by atoms with Crippen LogP contribution in [0.3, 0.4) is 0 Å². The van der Waals surface area contributed by atoms with Gasteiger partial charge in [-0.1, -0.05) is 19.3 Å². The van der Waals surface area contributed by atoms with E-state index in [0.717, 1.165) is 25.7 Å². The maximum atomic E-state index is 13.0. The minimum Gasteiger partial charge on any atom is -0.371 e. The third kappa shape index (κ3) is 2.67. The van der Waals surface area contributed by atoms with Gasteiger partial charge in [0, 0.05) is 31.7 Å². The number of anilines is 1. The molecule has 0 radical (unpaired) electrons. The molecule has 116 valence electrons. The zero-order valence-electron chi connectivity index (χ0n) is 12.1. The van der Waals surface area contributed by atoms with Crippen LogP contribution in [0.2, 0.25) is 0 Å². The van der Waals surface area contributed by atoms with E-state index in [4.69, 9.17) is 0 Å². The van der Waals surface area contributed by atoms with Crippen LogP contribution in [0.25, 0.3) is 4.96 Å². The molecule has 1 aliphatic rings. The van der Waals surface area contributed by atoms with E-state index in [1.165, 1.54) is 17.8 Å². The molecule has 6 nitrogen and oxygen atoms in total. The molecule has 0 aromatic carbocycles. The molecule has 1 fully saturated rings. The van der Waals surface area contributed by atoms with Gasteiger partial charge in [0.1, 0.15) is 0 Å². The molecule has 2 aromatic heterocycles. The van der Waals surface area contributed by atoms with Crippen molar-refractivity contribution in [2.75, 3.05) is 25.5 Å². The summed E-state index contributed by atoms with van der Waals surface area (Å²) in [4.78, 5) is 5.06. The van der Waals surface area contributed by atoms with Crippen LogP contribution < -0.4 is 5.32 Å². The van der Waals surface area contributed by atoms with Gasteiger partial charge < -0.3 is 5.32 Å². The van der Waals surface area contributed by atoms with E-state index in [9.17, 15) is 8.42 Å². The highest BCUT2D eigenvalue weighted by Crippen LogP contribution is 2.29. The molecule has 3 rings (SSSR count). The third-order valence-electron chi connectivity index (χ3n) is 3.85. The average molecular weight is 328 g/mol. The Labute approximate surface area is 128 Å². The van der Waals surface area contributed by atoms with Crippen LogP contribution in [-0.4, -0.2) is 42.2 Å². The van der Waals surface area contributed by atoms with Gasteiger partial charge in [-0.3, -0.25) is 4.40 Å². The highest BCUT2D eigenvalue weighted by atomic mass is 32.2. The van der Waals surface area contributed by atoms with E-state index in [0.29, 0.717) is 23.9 Å². The first-order valence-electron chi connectivity index (χ1n) is 7.28. The number of hydrogen-bond acceptors (Lipinski definition) is 5. The molecule has 0 bridgehead atoms. The van der Waals surface area contributed by atoms with E-state index in [1.54, 1.807) is 22.0 Å². The number of thiazole rings is 1. The Bertz CT molecular complexity index is 712. The SMILES string of the molecule is CNc1nc2sccn2c1S(=O)(=O)N1CCCCCCC1. The van der Waals surface area contributed by atoms with E-state index in [2.05, 4.69) is 10.3 Å². The van der Waals surface area contributed by atoms with E-state index < -0.39 is 10.0 Å². The molecule has 0 spiro atoms. The lowest BCUT2D eigenvalue weighted by atomic mass is 10.1. The molecule has 21 heavy (non-hydrogen) atoms. The molecular weight excluding hydrogens is 308 g/mol. The maximum absolute atomic E-state index is 13.0. The zero-order valence-corrected chi connectivity index (χ0v) is 13.7. The van der Waals surface area contributed by atoms with Crippen LogP contribution in [-0.2, 0) is 10.0 Å². The fraction of sp³-hybridized carbons (Fsp3) is 0.615. The number of aromatic nitrogens is 2. The van der Waals surface area contributed by atoms with Crippen molar-refractivity contribution in [2.45, 2.75) is 37.1 Å². The summed E-state index contributed by atoms with van der Waals surface area (Å²) >= 11 is 1.44. The number of nitrogens with one attached hydrogen (secondary N) is 1. The molecule has 1 aliphatic heterocycles. The molecule has 8 heteroatoms. The Morgan fingerprint density at radius 3 is 2.52 bits per heavy atom. The van der Waals surface area contributed by atoms with E-state index >= 15 is 0 Å². The van der Waals surface area contributed by atoms with Gasteiger partial charge in [0.2, 0.25) is 0 Å². The average Bonchev–Trinajstić information content (AvgIpc) is 2.96. The summed E-state index contributed by atoms with van der Waals surface area (Å²) in [6.07, 6.45) is 7.04. The van der Waals surface area contributed by atoms with Gasteiger partial charge in [0.15, 0.2) is 15.8 Å². The highest BCUT2D eigenvalue weighted by Gasteiger charge is 2.31. The predicted molar refractivity (Wildman–Crippen MR) is 84.5 cm³/mol. The van der Waals surface area contributed by atoms with Gasteiger partial charge >= 0.3 is 0 Å². The van der Waals surface area contributed by atoms with Crippen molar-refractivity contribution in [1.82, 2.24) is 13.7 Å². The fourth-order valence-corrected chi connectivity index (χ4v) is 5.30. The lowest BCUT2D eigenvalue weighted by molar-refractivity contribution is 0.363. The lowest BCUT2D eigenvalue weighted by Gasteiger charge is -2.24. The molecule has 1 N–H and O–H groups in total. The number of rotatable bonds is 3. The van der Waals surface area contributed by atoms with Crippen molar-refractivity contribution in [3.05, 3.63) is 11.6 Å². The van der Waals surface area contributed by atoms with Crippen LogP contribution in [0.15, 0.2) is 16.6 Å². The van der Waals surface area contributed by atoms with Crippen LogP contribution in [0.5, 0.6) is 0 Å². The zero-order chi connectivity index (χ0) is 14.9. The van der Waals surface area contributed by atoms with Crippen molar-refractivity contribution in [1.29, 1.82) is 0 Å². The van der Waals surface area contributed by atoms with Gasteiger partial charge in [-0.25, -0.2) is 13.4 Å². The van der Waals surface area contributed by atoms with Gasteiger partial charge in [0.25, 0.3) is 10.0 Å². The topological polar surface area (TPSA) is 66.7 Å². The number of imidazole rings is 1. The van der Waals surface area contributed by atoms with Gasteiger partial charge in [-0.15, -0.1) is 11.3 Å². The summed E-state index contributed by atoms with van der Waals surface area (Å²) in [6.45, 7) is 1.20. The van der Waals surface area contributed by atoms with Crippen molar-refractivity contribution < 1.29 is 8.42 Å². The van der Waals surface area contributed by atoms with E-state index in [1.807, 2.05) is 5.38 Å². The molecule has 0 atom stereocenters. The van der Waals surface area contributed by atoms with Gasteiger partial charge in [-0.2, -0.15) is 4.31 Å². The van der Waals surface area contributed by atoms with Crippen molar-refractivity contribution in [3.63, 3.8) is 0 Å².